The minimum absolute atomic E-state index is 0.634. The lowest BCUT2D eigenvalue weighted by molar-refractivity contribution is 0.222. The van der Waals surface area contributed by atoms with Crippen LogP contribution in [0.4, 0.5) is 0 Å². The van der Waals surface area contributed by atoms with Gasteiger partial charge in [0.05, 0.1) is 0 Å². The number of likely N-dealkylation sites (tertiary alicyclic amines) is 1. The van der Waals surface area contributed by atoms with Gasteiger partial charge in [0.1, 0.15) is 0 Å². The number of hydrogen-bond acceptors (Lipinski definition) is 1. The standard InChI is InChI=1S/C15H21N/c1-13-6-8-14(9-7-13)10-11-15-5-3-4-12-16(15)2/h6-11,15H,3-5,12H2,1-2H3/b11-10+/t15-/m0/s1. The zero-order valence-electron chi connectivity index (χ0n) is 10.3. The van der Waals surface area contributed by atoms with Gasteiger partial charge in [0.15, 0.2) is 0 Å². The maximum Gasteiger partial charge on any atom is 0.0278 e. The van der Waals surface area contributed by atoms with E-state index in [9.17, 15) is 0 Å². The molecule has 0 spiro atoms. The van der Waals surface area contributed by atoms with E-state index in [0.29, 0.717) is 6.04 Å². The first kappa shape index (κ1) is 11.4. The number of piperidine rings is 1. The van der Waals surface area contributed by atoms with Crippen LogP contribution >= 0.6 is 0 Å². The van der Waals surface area contributed by atoms with Gasteiger partial charge in [-0.1, -0.05) is 48.4 Å². The lowest BCUT2D eigenvalue weighted by atomic mass is 10.0. The predicted octanol–water partition coefficient (Wildman–Crippen LogP) is 3.49. The molecular weight excluding hydrogens is 194 g/mol. The van der Waals surface area contributed by atoms with E-state index in [-0.39, 0.29) is 0 Å². The molecule has 1 nitrogen and oxygen atoms in total. The van der Waals surface area contributed by atoms with Crippen LogP contribution in [0.1, 0.15) is 30.4 Å². The Labute approximate surface area is 98.8 Å². The van der Waals surface area contributed by atoms with Gasteiger partial charge in [-0.3, -0.25) is 4.90 Å². The van der Waals surface area contributed by atoms with Crippen molar-refractivity contribution in [3.63, 3.8) is 0 Å². The van der Waals surface area contributed by atoms with Crippen molar-refractivity contribution in [3.8, 4) is 0 Å². The van der Waals surface area contributed by atoms with Crippen molar-refractivity contribution >= 4 is 6.08 Å². The maximum absolute atomic E-state index is 2.45. The fraction of sp³-hybridized carbons (Fsp3) is 0.467. The van der Waals surface area contributed by atoms with E-state index in [1.807, 2.05) is 0 Å². The summed E-state index contributed by atoms with van der Waals surface area (Å²) in [4.78, 5) is 2.45. The van der Waals surface area contributed by atoms with Crippen LogP contribution in [-0.2, 0) is 0 Å². The zero-order chi connectivity index (χ0) is 11.4. The number of aryl methyl sites for hydroxylation is 1. The quantitative estimate of drug-likeness (QED) is 0.730. The molecule has 0 unspecified atom stereocenters. The number of likely N-dealkylation sites (N-methyl/N-ethyl adjacent to an activating group) is 1. The molecule has 0 aromatic heterocycles. The third-order valence-electron chi connectivity index (χ3n) is 3.42. The van der Waals surface area contributed by atoms with Gasteiger partial charge >= 0.3 is 0 Å². The van der Waals surface area contributed by atoms with Gasteiger partial charge in [-0.15, -0.1) is 0 Å². The van der Waals surface area contributed by atoms with Gasteiger partial charge in [0.25, 0.3) is 0 Å². The number of rotatable bonds is 2. The van der Waals surface area contributed by atoms with E-state index in [4.69, 9.17) is 0 Å². The Morgan fingerprint density at radius 2 is 1.94 bits per heavy atom. The summed E-state index contributed by atoms with van der Waals surface area (Å²) in [5.74, 6) is 0. The second-order valence-electron chi connectivity index (χ2n) is 4.81. The second-order valence-corrected chi connectivity index (χ2v) is 4.81. The van der Waals surface area contributed by atoms with E-state index in [2.05, 4.69) is 55.3 Å². The maximum atomic E-state index is 2.45. The smallest absolute Gasteiger partial charge is 0.0278 e. The summed E-state index contributed by atoms with van der Waals surface area (Å²) < 4.78 is 0. The third kappa shape index (κ3) is 2.96. The highest BCUT2D eigenvalue weighted by Gasteiger charge is 2.15. The molecule has 1 aliphatic rings. The van der Waals surface area contributed by atoms with Crippen molar-refractivity contribution in [2.24, 2.45) is 0 Å². The minimum Gasteiger partial charge on any atom is -0.300 e. The van der Waals surface area contributed by atoms with Crippen LogP contribution < -0.4 is 0 Å². The van der Waals surface area contributed by atoms with Crippen LogP contribution in [0.25, 0.3) is 6.08 Å². The number of benzene rings is 1. The molecule has 1 aromatic rings. The lowest BCUT2D eigenvalue weighted by Gasteiger charge is -2.30. The first-order valence-corrected chi connectivity index (χ1v) is 6.21. The highest BCUT2D eigenvalue weighted by Crippen LogP contribution is 2.17. The fourth-order valence-electron chi connectivity index (χ4n) is 2.24. The van der Waals surface area contributed by atoms with Gasteiger partial charge in [-0.25, -0.2) is 0 Å². The molecule has 0 amide bonds. The van der Waals surface area contributed by atoms with Crippen LogP contribution in [-0.4, -0.2) is 24.5 Å². The Morgan fingerprint density at radius 3 is 2.62 bits per heavy atom. The molecule has 0 aliphatic carbocycles. The summed E-state index contributed by atoms with van der Waals surface area (Å²) in [6.45, 7) is 3.37. The van der Waals surface area contributed by atoms with Crippen LogP contribution in [0.2, 0.25) is 0 Å². The second kappa shape index (κ2) is 5.31. The summed E-state index contributed by atoms with van der Waals surface area (Å²) in [7, 11) is 2.23. The first-order valence-electron chi connectivity index (χ1n) is 6.21. The van der Waals surface area contributed by atoms with E-state index in [1.165, 1.54) is 36.9 Å². The normalized spacial score (nSPS) is 22.8. The molecule has 1 heteroatoms. The van der Waals surface area contributed by atoms with Gasteiger partial charge in [0.2, 0.25) is 0 Å². The SMILES string of the molecule is Cc1ccc(/C=C/[C@@H]2CCCCN2C)cc1. The molecule has 1 atom stereocenters. The largest absolute Gasteiger partial charge is 0.300 e. The average molecular weight is 215 g/mol. The fourth-order valence-corrected chi connectivity index (χ4v) is 2.24. The Balaban J connectivity index is 2.00. The van der Waals surface area contributed by atoms with Crippen molar-refractivity contribution in [1.82, 2.24) is 4.90 Å². The van der Waals surface area contributed by atoms with Gasteiger partial charge < -0.3 is 0 Å². The predicted molar refractivity (Wildman–Crippen MR) is 70.5 cm³/mol. The molecule has 0 radical (unpaired) electrons. The van der Waals surface area contributed by atoms with E-state index in [0.717, 1.165) is 0 Å². The minimum atomic E-state index is 0.634. The topological polar surface area (TPSA) is 3.24 Å². The molecule has 1 heterocycles. The molecule has 1 aliphatic heterocycles. The Kier molecular flexibility index (Phi) is 3.79. The van der Waals surface area contributed by atoms with E-state index < -0.39 is 0 Å². The third-order valence-corrected chi connectivity index (χ3v) is 3.42. The molecule has 86 valence electrons. The summed E-state index contributed by atoms with van der Waals surface area (Å²) in [6.07, 6.45) is 8.63. The summed E-state index contributed by atoms with van der Waals surface area (Å²) in [6, 6.07) is 9.35. The zero-order valence-corrected chi connectivity index (χ0v) is 10.3. The molecule has 0 bridgehead atoms. The highest BCUT2D eigenvalue weighted by atomic mass is 15.1. The summed E-state index contributed by atoms with van der Waals surface area (Å²) in [5, 5.41) is 0. The van der Waals surface area contributed by atoms with Crippen molar-refractivity contribution in [2.75, 3.05) is 13.6 Å². The van der Waals surface area contributed by atoms with Crippen LogP contribution in [0.15, 0.2) is 30.3 Å². The molecule has 2 rings (SSSR count). The first-order chi connectivity index (χ1) is 7.75. The molecule has 0 saturated carbocycles. The average Bonchev–Trinajstić information content (AvgIpc) is 2.30. The highest BCUT2D eigenvalue weighted by molar-refractivity contribution is 5.50. The summed E-state index contributed by atoms with van der Waals surface area (Å²) in [5.41, 5.74) is 2.64. The molecule has 1 aromatic carbocycles. The molecule has 1 saturated heterocycles. The van der Waals surface area contributed by atoms with Crippen LogP contribution in [0, 0.1) is 6.92 Å². The van der Waals surface area contributed by atoms with E-state index in [1.54, 1.807) is 0 Å². The number of nitrogens with zero attached hydrogens (tertiary/aromatic N) is 1. The van der Waals surface area contributed by atoms with Crippen molar-refractivity contribution < 1.29 is 0 Å². The van der Waals surface area contributed by atoms with Crippen molar-refractivity contribution in [1.29, 1.82) is 0 Å². The van der Waals surface area contributed by atoms with Crippen LogP contribution in [0.5, 0.6) is 0 Å². The Hall–Kier alpha value is -1.08. The van der Waals surface area contributed by atoms with Gasteiger partial charge in [-0.05, 0) is 38.9 Å². The van der Waals surface area contributed by atoms with Gasteiger partial charge in [-0.2, -0.15) is 0 Å². The monoisotopic (exact) mass is 215 g/mol. The lowest BCUT2D eigenvalue weighted by Crippen LogP contribution is -2.34. The van der Waals surface area contributed by atoms with Crippen LogP contribution in [0.3, 0.4) is 0 Å². The Bertz CT molecular complexity index is 350. The van der Waals surface area contributed by atoms with E-state index >= 15 is 0 Å². The molecule has 1 fully saturated rings. The van der Waals surface area contributed by atoms with Gasteiger partial charge in [0, 0.05) is 6.04 Å². The summed E-state index contributed by atoms with van der Waals surface area (Å²) >= 11 is 0. The molecule has 0 N–H and O–H groups in total. The molecular formula is C15H21N. The molecule has 16 heavy (non-hydrogen) atoms. The van der Waals surface area contributed by atoms with Crippen molar-refractivity contribution in [2.45, 2.75) is 32.2 Å². The Morgan fingerprint density at radius 1 is 1.19 bits per heavy atom. The number of hydrogen-bond donors (Lipinski definition) is 0. The van der Waals surface area contributed by atoms with Crippen molar-refractivity contribution in [3.05, 3.63) is 41.5 Å².